The van der Waals surface area contributed by atoms with E-state index in [0.717, 1.165) is 0 Å². The van der Waals surface area contributed by atoms with E-state index in [4.69, 9.17) is 27.7 Å². The molecule has 10 rings (SSSR count). The van der Waals surface area contributed by atoms with E-state index in [1.54, 1.807) is 0 Å². The number of rotatable bonds is 2. The normalized spacial score (nSPS) is 20.1. The maximum Gasteiger partial charge on any atom is 0.143 e. The van der Waals surface area contributed by atoms with Gasteiger partial charge in [0.2, 0.25) is 0 Å². The lowest BCUT2D eigenvalue weighted by Gasteiger charge is -2.18. The standard InChI is InChI=1S/C44H26O/c1-3-12-31-27(10-1)20-21-29-26-30(23-24-32(29)31)41-34-14-5-7-16-36(34)42(37-17-8-6-15-35(37)41)38-18-9-19-40-43(38)39-25-22-28-11-2-4-13-33(28)44(39)45-40/h1-26H/i1D,2D,3D,4D,5D,6D,7D,8D,9D,10D,11D,12D,13D,14D,15D,16D,17D,18D,19D,20D,21D,22D,23D,24D,25D,26D. The molecule has 0 fully saturated rings. The van der Waals surface area contributed by atoms with Crippen LogP contribution in [0.2, 0.25) is 0 Å². The van der Waals surface area contributed by atoms with Gasteiger partial charge in [0.1, 0.15) is 11.2 Å². The molecule has 9 aromatic carbocycles. The second-order valence-corrected chi connectivity index (χ2v) is 10.0. The van der Waals surface area contributed by atoms with Crippen LogP contribution in [-0.2, 0) is 0 Å². The highest BCUT2D eigenvalue weighted by atomic mass is 16.3. The summed E-state index contributed by atoms with van der Waals surface area (Å²) in [6, 6.07) is -22.7. The van der Waals surface area contributed by atoms with E-state index < -0.39 is 255 Å². The van der Waals surface area contributed by atoms with Crippen molar-refractivity contribution in [1.29, 1.82) is 0 Å². The van der Waals surface area contributed by atoms with Crippen LogP contribution in [0.1, 0.15) is 35.6 Å². The maximum absolute atomic E-state index is 9.73. The van der Waals surface area contributed by atoms with Gasteiger partial charge in [-0.25, -0.2) is 0 Å². The minimum atomic E-state index is -0.988. The van der Waals surface area contributed by atoms with E-state index in [1.165, 1.54) is 0 Å². The van der Waals surface area contributed by atoms with Crippen LogP contribution in [0.5, 0.6) is 0 Å². The average molecular weight is 597 g/mol. The summed E-state index contributed by atoms with van der Waals surface area (Å²) >= 11 is 0. The zero-order chi connectivity index (χ0) is 52.1. The first-order valence-electron chi connectivity index (χ1n) is 26.4. The molecular weight excluding hydrogens is 544 g/mol. The number of fused-ring (bicyclic) bond motifs is 10. The first kappa shape index (κ1) is 10.3. The molecule has 1 heteroatoms. The molecule has 1 heterocycles. The smallest absolute Gasteiger partial charge is 0.143 e. The summed E-state index contributed by atoms with van der Waals surface area (Å²) in [5.74, 6) is 0. The topological polar surface area (TPSA) is 13.1 Å². The third-order valence-corrected chi connectivity index (χ3v) is 7.69. The van der Waals surface area contributed by atoms with Crippen LogP contribution in [0.15, 0.2) is 162 Å². The average Bonchev–Trinajstić information content (AvgIpc) is 3.73. The second kappa shape index (κ2) is 9.29. The quantitative estimate of drug-likeness (QED) is 0.143. The van der Waals surface area contributed by atoms with Gasteiger partial charge in [-0.3, -0.25) is 0 Å². The summed E-state index contributed by atoms with van der Waals surface area (Å²) in [5, 5.41) is -6.89. The highest BCUT2D eigenvalue weighted by Crippen LogP contribution is 2.47. The Labute approximate surface area is 296 Å². The number of benzene rings is 9. The fourth-order valence-corrected chi connectivity index (χ4v) is 5.81. The molecule has 0 aliphatic carbocycles. The van der Waals surface area contributed by atoms with Crippen molar-refractivity contribution in [2.45, 2.75) is 0 Å². The lowest BCUT2D eigenvalue weighted by molar-refractivity contribution is 0.673. The highest BCUT2D eigenvalue weighted by molar-refractivity contribution is 6.27. The Balaban J connectivity index is 1.55. The molecule has 0 aliphatic rings. The third kappa shape index (κ3) is 3.50. The molecule has 45 heavy (non-hydrogen) atoms. The van der Waals surface area contributed by atoms with Crippen LogP contribution in [0.25, 0.3) is 98.1 Å². The van der Waals surface area contributed by atoms with Crippen molar-refractivity contribution in [2.75, 3.05) is 0 Å². The minimum Gasteiger partial charge on any atom is -0.455 e. The molecular formula is C44H26O. The van der Waals surface area contributed by atoms with Gasteiger partial charge >= 0.3 is 0 Å². The molecule has 0 amide bonds. The van der Waals surface area contributed by atoms with Crippen LogP contribution >= 0.6 is 0 Å². The van der Waals surface area contributed by atoms with Crippen LogP contribution in [-0.4, -0.2) is 0 Å². The van der Waals surface area contributed by atoms with Gasteiger partial charge in [-0.1, -0.05) is 139 Å². The van der Waals surface area contributed by atoms with Gasteiger partial charge in [-0.2, -0.15) is 0 Å². The molecule has 0 saturated carbocycles. The zero-order valence-electron chi connectivity index (χ0n) is 48.4. The van der Waals surface area contributed by atoms with Gasteiger partial charge in [0.25, 0.3) is 0 Å². The first-order valence-corrected chi connectivity index (χ1v) is 13.4. The van der Waals surface area contributed by atoms with Gasteiger partial charge in [-0.05, 0) is 88.9 Å². The third-order valence-electron chi connectivity index (χ3n) is 7.69. The van der Waals surface area contributed by atoms with Crippen molar-refractivity contribution in [3.63, 3.8) is 0 Å². The number of hydrogen-bond acceptors (Lipinski definition) is 1. The van der Waals surface area contributed by atoms with E-state index in [2.05, 4.69) is 0 Å². The summed E-state index contributed by atoms with van der Waals surface area (Å²) in [5.41, 5.74) is -3.96. The Hall–Kier alpha value is -5.92. The van der Waals surface area contributed by atoms with Crippen LogP contribution < -0.4 is 0 Å². The Kier molecular flexibility index (Phi) is 2.13. The van der Waals surface area contributed by atoms with E-state index in [1.807, 2.05) is 0 Å². The lowest BCUT2D eigenvalue weighted by Crippen LogP contribution is -1.91. The van der Waals surface area contributed by atoms with Crippen molar-refractivity contribution in [2.24, 2.45) is 0 Å². The van der Waals surface area contributed by atoms with E-state index in [0.29, 0.717) is 0 Å². The van der Waals surface area contributed by atoms with Crippen LogP contribution in [0, 0.1) is 0 Å². The van der Waals surface area contributed by atoms with Crippen LogP contribution in [0.4, 0.5) is 0 Å². The van der Waals surface area contributed by atoms with Crippen LogP contribution in [0.3, 0.4) is 0 Å². The fraction of sp³-hybridized carbons (Fsp3) is 0. The molecule has 0 unspecified atom stereocenters. The van der Waals surface area contributed by atoms with Crippen molar-refractivity contribution in [3.05, 3.63) is 157 Å². The van der Waals surface area contributed by atoms with Gasteiger partial charge in [0.15, 0.2) is 0 Å². The zero-order valence-corrected chi connectivity index (χ0v) is 22.4. The molecule has 0 N–H and O–H groups in total. The fourth-order valence-electron chi connectivity index (χ4n) is 5.81. The molecule has 1 aromatic heterocycles. The molecule has 0 atom stereocenters. The summed E-state index contributed by atoms with van der Waals surface area (Å²) in [6.07, 6.45) is 0. The predicted octanol–water partition coefficient (Wildman–Crippen LogP) is 12.7. The Morgan fingerprint density at radius 3 is 1.64 bits per heavy atom. The molecule has 0 bridgehead atoms. The highest BCUT2D eigenvalue weighted by Gasteiger charge is 2.21. The Morgan fingerprint density at radius 1 is 0.378 bits per heavy atom. The largest absolute Gasteiger partial charge is 0.455 e. The molecule has 208 valence electrons. The summed E-state index contributed by atoms with van der Waals surface area (Å²) < 4.78 is 240. The molecule has 10 aromatic rings. The molecule has 0 spiro atoms. The monoisotopic (exact) mass is 596 g/mol. The number of hydrogen-bond donors (Lipinski definition) is 0. The molecule has 0 aliphatic heterocycles. The van der Waals surface area contributed by atoms with Crippen molar-refractivity contribution in [1.82, 2.24) is 0 Å². The molecule has 1 nitrogen and oxygen atoms in total. The van der Waals surface area contributed by atoms with Gasteiger partial charge in [0, 0.05) is 16.2 Å². The molecule has 0 radical (unpaired) electrons. The lowest BCUT2D eigenvalue weighted by atomic mass is 9.84. The SMILES string of the molecule is [2H]c1c([2H])c(-c2c3c([2H])c([2H])c([2H])c([2H])c3c(-c3c([2H])c([2H])c4c(c3[2H])c([2H])c([2H])c3c([2H])c([2H])c([2H])c([2H])c34)c3c([2H])c([2H])c([2H])c([2H])c23)c2c(oc3c4c([2H])c([2H])c([2H])c([2H])c4c([2H])c([2H])c32)c1[2H]. The Bertz CT molecular complexity index is 4210. The van der Waals surface area contributed by atoms with Gasteiger partial charge < -0.3 is 4.42 Å². The maximum atomic E-state index is 9.73. The predicted molar refractivity (Wildman–Crippen MR) is 192 cm³/mol. The van der Waals surface area contributed by atoms with Crippen molar-refractivity contribution >= 4 is 75.8 Å². The summed E-state index contributed by atoms with van der Waals surface area (Å²) in [7, 11) is 0. The molecule has 0 saturated heterocycles. The van der Waals surface area contributed by atoms with E-state index in [-0.39, 0.29) is 0 Å². The van der Waals surface area contributed by atoms with E-state index in [9.17, 15) is 12.3 Å². The first-order chi connectivity index (χ1) is 33.2. The summed E-state index contributed by atoms with van der Waals surface area (Å²) in [4.78, 5) is 0. The Morgan fingerprint density at radius 2 is 0.911 bits per heavy atom. The van der Waals surface area contributed by atoms with Crippen molar-refractivity contribution < 1.29 is 40.1 Å². The summed E-state index contributed by atoms with van der Waals surface area (Å²) in [6.45, 7) is 0. The van der Waals surface area contributed by atoms with Crippen molar-refractivity contribution in [3.8, 4) is 22.3 Å². The number of furan rings is 1. The minimum absolute atomic E-state index is 0.443. The van der Waals surface area contributed by atoms with Gasteiger partial charge in [0.05, 0.1) is 35.6 Å². The van der Waals surface area contributed by atoms with E-state index >= 15 is 0 Å². The van der Waals surface area contributed by atoms with Gasteiger partial charge in [-0.15, -0.1) is 0 Å². The second-order valence-electron chi connectivity index (χ2n) is 10.0.